The van der Waals surface area contributed by atoms with Gasteiger partial charge in [0.2, 0.25) is 5.91 Å². The molecule has 3 heteroatoms. The van der Waals surface area contributed by atoms with E-state index in [0.717, 1.165) is 12.8 Å². The predicted molar refractivity (Wildman–Crippen MR) is 82.3 cm³/mol. The van der Waals surface area contributed by atoms with Crippen molar-refractivity contribution in [3.63, 3.8) is 0 Å². The maximum atomic E-state index is 12.6. The van der Waals surface area contributed by atoms with Gasteiger partial charge in [0, 0.05) is 6.04 Å². The van der Waals surface area contributed by atoms with Crippen LogP contribution in [0.1, 0.15) is 39.7 Å². The highest BCUT2D eigenvalue weighted by Crippen LogP contribution is 2.22. The van der Waals surface area contributed by atoms with E-state index in [-0.39, 0.29) is 24.2 Å². The lowest BCUT2D eigenvalue weighted by Crippen LogP contribution is -2.44. The second kappa shape index (κ2) is 6.40. The van der Waals surface area contributed by atoms with Crippen LogP contribution in [-0.4, -0.2) is 29.1 Å². The zero-order valence-electron chi connectivity index (χ0n) is 13.0. The second-order valence-corrected chi connectivity index (χ2v) is 5.96. The molecule has 1 aromatic carbocycles. The van der Waals surface area contributed by atoms with Crippen LogP contribution in [0.25, 0.3) is 0 Å². The largest absolute Gasteiger partial charge is 0.323 e. The summed E-state index contributed by atoms with van der Waals surface area (Å²) < 4.78 is 0. The highest BCUT2D eigenvalue weighted by atomic mass is 16.2. The molecule has 1 fully saturated rings. The zero-order chi connectivity index (χ0) is 14.7. The average Bonchev–Trinajstić information content (AvgIpc) is 2.73. The maximum absolute atomic E-state index is 12.6. The van der Waals surface area contributed by atoms with Crippen LogP contribution in [-0.2, 0) is 11.2 Å². The van der Waals surface area contributed by atoms with Crippen LogP contribution in [0.5, 0.6) is 0 Å². The van der Waals surface area contributed by atoms with Crippen molar-refractivity contribution >= 4 is 5.91 Å². The first-order chi connectivity index (χ1) is 9.54. The molecule has 20 heavy (non-hydrogen) atoms. The van der Waals surface area contributed by atoms with Gasteiger partial charge in [-0.1, -0.05) is 50.6 Å². The van der Waals surface area contributed by atoms with E-state index in [1.54, 1.807) is 0 Å². The highest BCUT2D eigenvalue weighted by molar-refractivity contribution is 5.85. The summed E-state index contributed by atoms with van der Waals surface area (Å²) in [4.78, 5) is 14.7. The third kappa shape index (κ3) is 3.04. The van der Waals surface area contributed by atoms with E-state index in [0.29, 0.717) is 5.92 Å². The molecule has 1 saturated heterocycles. The molecule has 2 rings (SSSR count). The minimum atomic E-state index is -0.0843. The zero-order valence-corrected chi connectivity index (χ0v) is 13.0. The Kier molecular flexibility index (Phi) is 4.81. The number of amides is 1. The normalized spacial score (nSPS) is 25.8. The van der Waals surface area contributed by atoms with Crippen molar-refractivity contribution in [2.75, 3.05) is 0 Å². The Hall–Kier alpha value is -1.35. The third-order valence-electron chi connectivity index (χ3n) is 4.60. The Balaban J connectivity index is 2.07. The predicted octanol–water partition coefficient (Wildman–Crippen LogP) is 2.81. The van der Waals surface area contributed by atoms with Gasteiger partial charge in [0.1, 0.15) is 0 Å². The molecule has 1 aliphatic heterocycles. The molecule has 0 radical (unpaired) electrons. The summed E-state index contributed by atoms with van der Waals surface area (Å²) in [6.45, 7) is 8.65. The molecule has 4 unspecified atom stereocenters. The van der Waals surface area contributed by atoms with Gasteiger partial charge in [0.25, 0.3) is 0 Å². The van der Waals surface area contributed by atoms with Crippen LogP contribution in [0.2, 0.25) is 0 Å². The molecular formula is C17H26N2O. The molecule has 0 aromatic heterocycles. The maximum Gasteiger partial charge on any atom is 0.241 e. The molecule has 1 N–H and O–H groups in total. The molecule has 1 aromatic rings. The summed E-state index contributed by atoms with van der Waals surface area (Å²) in [7, 11) is 0. The highest BCUT2D eigenvalue weighted by Gasteiger charge is 2.39. The van der Waals surface area contributed by atoms with E-state index in [1.165, 1.54) is 5.56 Å². The Morgan fingerprint density at radius 1 is 1.25 bits per heavy atom. The summed E-state index contributed by atoms with van der Waals surface area (Å²) in [5.74, 6) is 0.771. The lowest BCUT2D eigenvalue weighted by atomic mass is 9.98. The molecule has 0 aliphatic carbocycles. The Morgan fingerprint density at radius 3 is 2.50 bits per heavy atom. The van der Waals surface area contributed by atoms with Gasteiger partial charge in [-0.3, -0.25) is 10.1 Å². The molecule has 3 nitrogen and oxygen atoms in total. The van der Waals surface area contributed by atoms with Crippen molar-refractivity contribution in [2.24, 2.45) is 5.92 Å². The SMILES string of the molecule is CCC(C)C(C)N1C(=O)C(Cc2ccccc2)NC1C. The lowest BCUT2D eigenvalue weighted by Gasteiger charge is -2.32. The topological polar surface area (TPSA) is 32.3 Å². The fourth-order valence-electron chi connectivity index (χ4n) is 2.98. The van der Waals surface area contributed by atoms with E-state index >= 15 is 0 Å². The van der Waals surface area contributed by atoms with Gasteiger partial charge in [-0.25, -0.2) is 0 Å². The van der Waals surface area contributed by atoms with Gasteiger partial charge >= 0.3 is 0 Å². The number of carbonyl (C=O) groups is 1. The number of nitrogens with one attached hydrogen (secondary N) is 1. The van der Waals surface area contributed by atoms with E-state index in [4.69, 9.17) is 0 Å². The molecule has 1 amide bonds. The van der Waals surface area contributed by atoms with Gasteiger partial charge < -0.3 is 4.90 Å². The van der Waals surface area contributed by atoms with Crippen molar-refractivity contribution in [3.05, 3.63) is 35.9 Å². The molecule has 1 aliphatic rings. The van der Waals surface area contributed by atoms with Crippen LogP contribution in [0, 0.1) is 5.92 Å². The third-order valence-corrected chi connectivity index (χ3v) is 4.60. The number of nitrogens with zero attached hydrogens (tertiary/aromatic N) is 1. The first-order valence-electron chi connectivity index (χ1n) is 7.66. The van der Waals surface area contributed by atoms with Crippen molar-refractivity contribution in [1.82, 2.24) is 10.2 Å². The van der Waals surface area contributed by atoms with Crippen molar-refractivity contribution in [1.29, 1.82) is 0 Å². The molecule has 0 saturated carbocycles. The van der Waals surface area contributed by atoms with E-state index in [9.17, 15) is 4.79 Å². The van der Waals surface area contributed by atoms with Crippen molar-refractivity contribution in [2.45, 2.75) is 58.8 Å². The van der Waals surface area contributed by atoms with E-state index in [2.05, 4.69) is 45.1 Å². The Bertz CT molecular complexity index is 446. The quantitative estimate of drug-likeness (QED) is 0.895. The number of hydrogen-bond acceptors (Lipinski definition) is 2. The van der Waals surface area contributed by atoms with Gasteiger partial charge in [-0.2, -0.15) is 0 Å². The van der Waals surface area contributed by atoms with Gasteiger partial charge in [0.15, 0.2) is 0 Å². The summed E-state index contributed by atoms with van der Waals surface area (Å²) in [6, 6.07) is 10.4. The first-order valence-corrected chi connectivity index (χ1v) is 7.66. The molecule has 0 spiro atoms. The van der Waals surface area contributed by atoms with Crippen molar-refractivity contribution < 1.29 is 4.79 Å². The smallest absolute Gasteiger partial charge is 0.241 e. The number of rotatable bonds is 5. The molecule has 1 heterocycles. The fraction of sp³-hybridized carbons (Fsp3) is 0.588. The molecule has 4 atom stereocenters. The van der Waals surface area contributed by atoms with Crippen LogP contribution in [0.15, 0.2) is 30.3 Å². The summed E-state index contributed by atoms with van der Waals surface area (Å²) in [6.07, 6.45) is 1.99. The average molecular weight is 274 g/mol. The Labute approximate surface area is 122 Å². The number of carbonyl (C=O) groups excluding carboxylic acids is 1. The van der Waals surface area contributed by atoms with Crippen molar-refractivity contribution in [3.8, 4) is 0 Å². The lowest BCUT2D eigenvalue weighted by molar-refractivity contribution is -0.132. The molecular weight excluding hydrogens is 248 g/mol. The van der Waals surface area contributed by atoms with Crippen LogP contribution in [0.3, 0.4) is 0 Å². The first kappa shape index (κ1) is 15.0. The summed E-state index contributed by atoms with van der Waals surface area (Å²) >= 11 is 0. The van der Waals surface area contributed by atoms with Gasteiger partial charge in [-0.15, -0.1) is 0 Å². The summed E-state index contributed by atoms with van der Waals surface area (Å²) in [5, 5.41) is 3.44. The van der Waals surface area contributed by atoms with Gasteiger partial charge in [-0.05, 0) is 31.7 Å². The standard InChI is InChI=1S/C17H26N2O/c1-5-12(2)13(3)19-14(4)18-16(17(19)20)11-15-9-7-6-8-10-15/h6-10,12-14,16,18H,5,11H2,1-4H3. The van der Waals surface area contributed by atoms with E-state index in [1.807, 2.05) is 23.1 Å². The van der Waals surface area contributed by atoms with Crippen LogP contribution >= 0.6 is 0 Å². The number of benzene rings is 1. The summed E-state index contributed by atoms with van der Waals surface area (Å²) in [5.41, 5.74) is 1.21. The van der Waals surface area contributed by atoms with Crippen LogP contribution in [0.4, 0.5) is 0 Å². The fourth-order valence-corrected chi connectivity index (χ4v) is 2.98. The van der Waals surface area contributed by atoms with E-state index < -0.39 is 0 Å². The molecule has 110 valence electrons. The minimum absolute atomic E-state index is 0.0843. The molecule has 0 bridgehead atoms. The monoisotopic (exact) mass is 274 g/mol. The Morgan fingerprint density at radius 2 is 1.90 bits per heavy atom. The number of hydrogen-bond donors (Lipinski definition) is 1. The van der Waals surface area contributed by atoms with Gasteiger partial charge in [0.05, 0.1) is 12.2 Å². The minimum Gasteiger partial charge on any atom is -0.323 e. The second-order valence-electron chi connectivity index (χ2n) is 5.96. The van der Waals surface area contributed by atoms with Crippen LogP contribution < -0.4 is 5.32 Å².